The smallest absolute Gasteiger partial charge is 0.190 e. The molecule has 3 aromatic rings. The average molecular weight is 542 g/mol. The first-order chi connectivity index (χ1) is 17.0. The molecule has 36 heavy (non-hydrogen) atoms. The Hall–Kier alpha value is -1.55. The lowest BCUT2D eigenvalue weighted by molar-refractivity contribution is 0.402. The van der Waals surface area contributed by atoms with Gasteiger partial charge in [-0.05, 0) is 93.4 Å². The first-order valence-corrected chi connectivity index (χ1v) is 14.8. The minimum atomic E-state index is 0.263. The van der Waals surface area contributed by atoms with E-state index < -0.39 is 0 Å². The second kappa shape index (κ2) is 13.3. The van der Waals surface area contributed by atoms with Crippen LogP contribution in [0.4, 0.5) is 0 Å². The van der Waals surface area contributed by atoms with Gasteiger partial charge in [0.2, 0.25) is 0 Å². The van der Waals surface area contributed by atoms with Crippen molar-refractivity contribution in [3.8, 4) is 22.5 Å². The van der Waals surface area contributed by atoms with E-state index in [-0.39, 0.29) is 5.37 Å². The van der Waals surface area contributed by atoms with Crippen molar-refractivity contribution in [3.05, 3.63) is 54.6 Å². The number of aromatic nitrogens is 2. The first-order valence-electron chi connectivity index (χ1n) is 12.1. The van der Waals surface area contributed by atoms with Crippen LogP contribution in [0.5, 0.6) is 0 Å². The van der Waals surface area contributed by atoms with Crippen molar-refractivity contribution in [2.45, 2.75) is 51.8 Å². The second-order valence-electron chi connectivity index (χ2n) is 9.52. The molecule has 8 heteroatoms. The van der Waals surface area contributed by atoms with Crippen molar-refractivity contribution in [3.63, 3.8) is 0 Å². The van der Waals surface area contributed by atoms with E-state index in [1.165, 1.54) is 9.79 Å². The number of hydrogen-bond acceptors (Lipinski definition) is 8. The number of hydrogen-bond donors (Lipinski definition) is 0. The highest BCUT2D eigenvalue weighted by Gasteiger charge is 2.15. The summed E-state index contributed by atoms with van der Waals surface area (Å²) in [5.74, 6) is 0. The fraction of sp³-hybridized carbons (Fsp3) is 0.429. The molecule has 3 unspecified atom stereocenters. The van der Waals surface area contributed by atoms with E-state index in [9.17, 15) is 0 Å². The first kappa shape index (κ1) is 29.0. The molecular weight excluding hydrogens is 503 g/mol. The lowest BCUT2D eigenvalue weighted by Gasteiger charge is -2.20. The van der Waals surface area contributed by atoms with Crippen LogP contribution in [0, 0.1) is 0 Å². The third-order valence-electron chi connectivity index (χ3n) is 6.04. The molecule has 0 aliphatic rings. The van der Waals surface area contributed by atoms with Crippen LogP contribution in [0.1, 0.15) is 20.8 Å². The fourth-order valence-electron chi connectivity index (χ4n) is 3.09. The van der Waals surface area contributed by atoms with Crippen molar-refractivity contribution in [2.24, 2.45) is 0 Å². The molecule has 5 nitrogen and oxygen atoms in total. The van der Waals surface area contributed by atoms with Gasteiger partial charge in [-0.25, -0.2) is 9.97 Å². The van der Waals surface area contributed by atoms with E-state index in [1.54, 1.807) is 11.8 Å². The molecule has 0 saturated carbocycles. The number of rotatable bonds is 11. The molecular formula is C28H39N5S3. The van der Waals surface area contributed by atoms with E-state index >= 15 is 0 Å². The predicted octanol–water partition coefficient (Wildman–Crippen LogP) is 6.81. The Morgan fingerprint density at radius 3 is 1.33 bits per heavy atom. The van der Waals surface area contributed by atoms with E-state index in [0.29, 0.717) is 10.7 Å². The highest BCUT2D eigenvalue weighted by Crippen LogP contribution is 2.34. The Kier molecular flexibility index (Phi) is 10.7. The summed E-state index contributed by atoms with van der Waals surface area (Å²) in [4.78, 5) is 19.1. The van der Waals surface area contributed by atoms with Crippen LogP contribution in [0.25, 0.3) is 22.5 Å². The maximum absolute atomic E-state index is 4.99. The SMILES string of the molecule is CC(Sc1cccc(-c2cc(-c3cccc(SC(C)N(C)C)c3)nc(SC(C)N(C)C)n2)c1)N(C)C. The minimum Gasteiger partial charge on any atom is -0.298 e. The number of benzene rings is 2. The van der Waals surface area contributed by atoms with E-state index in [4.69, 9.17) is 9.97 Å². The highest BCUT2D eigenvalue weighted by atomic mass is 32.2. The zero-order chi connectivity index (χ0) is 26.4. The molecule has 0 aliphatic carbocycles. The Labute approximate surface area is 230 Å². The van der Waals surface area contributed by atoms with Gasteiger partial charge in [0.25, 0.3) is 0 Å². The normalized spacial score (nSPS) is 14.4. The van der Waals surface area contributed by atoms with Crippen molar-refractivity contribution in [1.29, 1.82) is 0 Å². The molecule has 194 valence electrons. The molecule has 0 spiro atoms. The quantitative estimate of drug-likeness (QED) is 0.149. The maximum Gasteiger partial charge on any atom is 0.190 e. The van der Waals surface area contributed by atoms with Crippen molar-refractivity contribution < 1.29 is 0 Å². The summed E-state index contributed by atoms with van der Waals surface area (Å²) in [5.41, 5.74) is 4.13. The summed E-state index contributed by atoms with van der Waals surface area (Å²) < 4.78 is 0. The predicted molar refractivity (Wildman–Crippen MR) is 160 cm³/mol. The average Bonchev–Trinajstić information content (AvgIpc) is 2.84. The summed E-state index contributed by atoms with van der Waals surface area (Å²) in [6, 6.07) is 19.5. The molecule has 0 saturated heterocycles. The van der Waals surface area contributed by atoms with E-state index in [1.807, 2.05) is 23.5 Å². The van der Waals surface area contributed by atoms with Gasteiger partial charge in [-0.2, -0.15) is 0 Å². The molecule has 0 amide bonds. The lowest BCUT2D eigenvalue weighted by Crippen LogP contribution is -2.21. The van der Waals surface area contributed by atoms with Crippen LogP contribution in [0.15, 0.2) is 69.5 Å². The third-order valence-corrected chi connectivity index (χ3v) is 9.77. The summed E-state index contributed by atoms with van der Waals surface area (Å²) in [7, 11) is 12.6. The molecule has 0 radical (unpaired) electrons. The van der Waals surface area contributed by atoms with Crippen LogP contribution in [-0.2, 0) is 0 Å². The fourth-order valence-corrected chi connectivity index (χ4v) is 5.83. The van der Waals surface area contributed by atoms with Crippen LogP contribution >= 0.6 is 35.3 Å². The zero-order valence-corrected chi connectivity index (χ0v) is 25.3. The summed E-state index contributed by atoms with van der Waals surface area (Å²) in [6.07, 6.45) is 0. The van der Waals surface area contributed by atoms with Gasteiger partial charge in [-0.15, -0.1) is 23.5 Å². The molecule has 1 aromatic heterocycles. The summed E-state index contributed by atoms with van der Waals surface area (Å²) >= 11 is 5.39. The van der Waals surface area contributed by atoms with Gasteiger partial charge in [0.1, 0.15) is 0 Å². The monoisotopic (exact) mass is 541 g/mol. The van der Waals surface area contributed by atoms with Gasteiger partial charge >= 0.3 is 0 Å². The van der Waals surface area contributed by atoms with Crippen molar-refractivity contribution in [1.82, 2.24) is 24.7 Å². The summed E-state index contributed by atoms with van der Waals surface area (Å²) in [5, 5.41) is 1.83. The highest BCUT2D eigenvalue weighted by molar-refractivity contribution is 8.00. The van der Waals surface area contributed by atoms with Crippen LogP contribution in [-0.4, -0.2) is 83.1 Å². The van der Waals surface area contributed by atoms with Gasteiger partial charge in [0, 0.05) is 20.9 Å². The van der Waals surface area contributed by atoms with E-state index in [0.717, 1.165) is 27.7 Å². The zero-order valence-electron chi connectivity index (χ0n) is 22.9. The molecule has 1 heterocycles. The molecule has 2 aromatic carbocycles. The molecule has 0 fully saturated rings. The van der Waals surface area contributed by atoms with Crippen LogP contribution in [0.3, 0.4) is 0 Å². The van der Waals surface area contributed by atoms with Crippen molar-refractivity contribution >= 4 is 35.3 Å². The van der Waals surface area contributed by atoms with Gasteiger partial charge < -0.3 is 0 Å². The van der Waals surface area contributed by atoms with Gasteiger partial charge in [0.05, 0.1) is 27.5 Å². The van der Waals surface area contributed by atoms with Gasteiger partial charge in [0.15, 0.2) is 5.16 Å². The number of nitrogens with zero attached hydrogens (tertiary/aromatic N) is 5. The molecule has 0 aliphatic heterocycles. The van der Waals surface area contributed by atoms with Crippen molar-refractivity contribution in [2.75, 3.05) is 42.3 Å². The largest absolute Gasteiger partial charge is 0.298 e. The topological polar surface area (TPSA) is 35.5 Å². The third kappa shape index (κ3) is 8.23. The number of thioether (sulfide) groups is 3. The van der Waals surface area contributed by atoms with E-state index in [2.05, 4.69) is 132 Å². The Bertz CT molecular complexity index is 1060. The molecule has 3 atom stereocenters. The lowest BCUT2D eigenvalue weighted by atomic mass is 10.1. The Morgan fingerprint density at radius 1 is 0.556 bits per heavy atom. The molecule has 0 bridgehead atoms. The molecule has 0 N–H and O–H groups in total. The van der Waals surface area contributed by atoms with Gasteiger partial charge in [-0.1, -0.05) is 36.0 Å². The second-order valence-corrected chi connectivity index (χ2v) is 13.6. The maximum atomic E-state index is 4.99. The standard InChI is InChI=1S/C28H39N5S3/c1-19(31(4)5)34-24-14-10-12-22(16-24)26-18-27(30-28(29-26)36-21(3)33(8)9)23-13-11-15-25(17-23)35-20(2)32(6)7/h10-21H,1-9H3. The minimum absolute atomic E-state index is 0.263. The summed E-state index contributed by atoms with van der Waals surface area (Å²) in [6.45, 7) is 6.62. The van der Waals surface area contributed by atoms with Crippen LogP contribution in [0.2, 0.25) is 0 Å². The molecule has 3 rings (SSSR count). The Balaban J connectivity index is 2.02. The Morgan fingerprint density at radius 2 is 0.944 bits per heavy atom. The van der Waals surface area contributed by atoms with Gasteiger partial charge in [-0.3, -0.25) is 14.7 Å². The van der Waals surface area contributed by atoms with Crippen LogP contribution < -0.4 is 0 Å².